The van der Waals surface area contributed by atoms with Crippen LogP contribution in [0.1, 0.15) is 92.4 Å². The number of hydrogen-bond acceptors (Lipinski definition) is 3. The molecule has 0 aliphatic heterocycles. The van der Waals surface area contributed by atoms with Gasteiger partial charge in [0.15, 0.2) is 0 Å². The average Bonchev–Trinajstić information content (AvgIpc) is 3.09. The molecule has 4 aliphatic rings. The number of aliphatic hydroxyl groups is 3. The van der Waals surface area contributed by atoms with Crippen molar-refractivity contribution >= 4 is 0 Å². The van der Waals surface area contributed by atoms with E-state index in [1.54, 1.807) is 0 Å². The van der Waals surface area contributed by atoms with Gasteiger partial charge in [0.05, 0.1) is 6.10 Å². The van der Waals surface area contributed by atoms with E-state index in [-0.39, 0.29) is 0 Å². The Balaban J connectivity index is 1.53. The molecule has 3 N–H and O–H groups in total. The molecule has 0 aromatic heterocycles. The Morgan fingerprint density at radius 2 is 1.76 bits per heavy atom. The summed E-state index contributed by atoms with van der Waals surface area (Å²) in [5.74, 6) is 3.22. The molecule has 3 saturated carbocycles. The fourth-order valence-corrected chi connectivity index (χ4v) is 8.07. The lowest BCUT2D eigenvalue weighted by atomic mass is 9.49. The van der Waals surface area contributed by atoms with Gasteiger partial charge in [-0.05, 0) is 73.5 Å². The molecule has 4 aliphatic carbocycles. The largest absolute Gasteiger partial charge is 0.393 e. The minimum atomic E-state index is -1.17. The molecule has 0 aromatic carbocycles. The summed E-state index contributed by atoms with van der Waals surface area (Å²) in [7, 11) is 0. The average molecular weight is 405 g/mol. The molecule has 0 saturated heterocycles. The van der Waals surface area contributed by atoms with Crippen molar-refractivity contribution in [3.63, 3.8) is 0 Å². The third-order valence-corrected chi connectivity index (χ3v) is 10.5. The van der Waals surface area contributed by atoms with Crippen molar-refractivity contribution in [2.45, 2.75) is 110 Å². The molecular formula is C26H44O3. The van der Waals surface area contributed by atoms with Gasteiger partial charge in [-0.1, -0.05) is 59.1 Å². The summed E-state index contributed by atoms with van der Waals surface area (Å²) in [4.78, 5) is 0. The smallest absolute Gasteiger partial charge is 0.103 e. The van der Waals surface area contributed by atoms with Crippen LogP contribution in [0.2, 0.25) is 0 Å². The van der Waals surface area contributed by atoms with Gasteiger partial charge in [-0.3, -0.25) is 0 Å². The number of aliphatic hydroxyl groups excluding tert-OH is 2. The Hall–Kier alpha value is -0.380. The van der Waals surface area contributed by atoms with Gasteiger partial charge in [0, 0.05) is 11.8 Å². The summed E-state index contributed by atoms with van der Waals surface area (Å²) >= 11 is 0. The quantitative estimate of drug-likeness (QED) is 0.560. The molecule has 0 radical (unpaired) electrons. The Bertz CT molecular complexity index is 656. The molecule has 0 heterocycles. The minimum absolute atomic E-state index is 0.309. The van der Waals surface area contributed by atoms with Crippen molar-refractivity contribution in [2.24, 2.45) is 40.4 Å². The maximum Gasteiger partial charge on any atom is 0.103 e. The van der Waals surface area contributed by atoms with Gasteiger partial charge >= 0.3 is 0 Å². The molecule has 3 nitrogen and oxygen atoms in total. The summed E-state index contributed by atoms with van der Waals surface area (Å²) in [6.45, 7) is 11.7. The molecule has 9 atom stereocenters. The first-order valence-electron chi connectivity index (χ1n) is 12.3. The van der Waals surface area contributed by atoms with E-state index in [1.165, 1.54) is 44.1 Å². The molecule has 0 amide bonds. The highest BCUT2D eigenvalue weighted by Gasteiger charge is 2.66. The number of fused-ring (bicyclic) bond motifs is 5. The summed E-state index contributed by atoms with van der Waals surface area (Å²) in [5, 5.41) is 32.7. The number of rotatable bonds is 5. The zero-order chi connectivity index (χ0) is 21.2. The lowest BCUT2D eigenvalue weighted by molar-refractivity contribution is -0.153. The van der Waals surface area contributed by atoms with Crippen molar-refractivity contribution in [3.8, 4) is 0 Å². The SMILES string of the molecule is CC(C)[C@@H](C)CCCC1CCC2C3=C[C@@H](O)[C@@]4(O)CC(O)CC4(C)C3CC[C@]12C. The van der Waals surface area contributed by atoms with Gasteiger partial charge in [0.25, 0.3) is 0 Å². The van der Waals surface area contributed by atoms with Crippen LogP contribution < -0.4 is 0 Å². The molecule has 0 spiro atoms. The predicted molar refractivity (Wildman–Crippen MR) is 117 cm³/mol. The zero-order valence-electron chi connectivity index (χ0n) is 19.3. The summed E-state index contributed by atoms with van der Waals surface area (Å²) < 4.78 is 0. The molecule has 0 aromatic rings. The predicted octanol–water partition coefficient (Wildman–Crippen LogP) is 5.08. The number of hydrogen-bond donors (Lipinski definition) is 3. The normalized spacial score (nSPS) is 50.1. The van der Waals surface area contributed by atoms with Crippen LogP contribution in [-0.4, -0.2) is 33.1 Å². The number of allylic oxidation sites excluding steroid dienone is 1. The fraction of sp³-hybridized carbons (Fsp3) is 0.923. The van der Waals surface area contributed by atoms with Crippen molar-refractivity contribution in [2.75, 3.05) is 0 Å². The first-order valence-corrected chi connectivity index (χ1v) is 12.3. The second kappa shape index (κ2) is 7.35. The van der Waals surface area contributed by atoms with Crippen LogP contribution in [-0.2, 0) is 0 Å². The van der Waals surface area contributed by atoms with Crippen LogP contribution in [0, 0.1) is 40.4 Å². The van der Waals surface area contributed by atoms with Crippen molar-refractivity contribution in [3.05, 3.63) is 11.6 Å². The standard InChI is InChI=1S/C26H44O3/c1-16(2)17(3)7-6-8-18-9-10-21-20-13-23(28)26(29)15-19(27)14-25(26,5)22(20)11-12-24(18,21)4/h13,16-19,21-23,27-29H,6-12,14-15H2,1-5H3/t17-,18?,19?,21?,22?,23+,24+,25?,26-/m0/s1. The molecular weight excluding hydrogens is 360 g/mol. The summed E-state index contributed by atoms with van der Waals surface area (Å²) in [5.41, 5.74) is 0.193. The maximum absolute atomic E-state index is 11.4. The van der Waals surface area contributed by atoms with Crippen molar-refractivity contribution in [1.82, 2.24) is 0 Å². The molecule has 5 unspecified atom stereocenters. The van der Waals surface area contributed by atoms with Gasteiger partial charge in [0.2, 0.25) is 0 Å². The molecule has 166 valence electrons. The highest BCUT2D eigenvalue weighted by Crippen LogP contribution is 2.67. The van der Waals surface area contributed by atoms with E-state index < -0.39 is 23.2 Å². The second-order valence-electron chi connectivity index (χ2n) is 12.1. The van der Waals surface area contributed by atoms with E-state index in [4.69, 9.17) is 0 Å². The second-order valence-corrected chi connectivity index (χ2v) is 12.1. The first-order chi connectivity index (χ1) is 13.5. The van der Waals surface area contributed by atoms with Crippen LogP contribution >= 0.6 is 0 Å². The maximum atomic E-state index is 11.4. The van der Waals surface area contributed by atoms with E-state index in [1.807, 2.05) is 6.08 Å². The van der Waals surface area contributed by atoms with Gasteiger partial charge in [-0.2, -0.15) is 0 Å². The Kier molecular flexibility index (Phi) is 5.53. The van der Waals surface area contributed by atoms with E-state index in [2.05, 4.69) is 34.6 Å². The highest BCUT2D eigenvalue weighted by molar-refractivity contribution is 5.34. The van der Waals surface area contributed by atoms with E-state index in [0.29, 0.717) is 30.1 Å². The van der Waals surface area contributed by atoms with Crippen LogP contribution in [0.15, 0.2) is 11.6 Å². The monoisotopic (exact) mass is 404 g/mol. The Morgan fingerprint density at radius 3 is 2.45 bits per heavy atom. The molecule has 3 heteroatoms. The first kappa shape index (κ1) is 21.8. The lowest BCUT2D eigenvalue weighted by Gasteiger charge is -2.57. The van der Waals surface area contributed by atoms with Crippen LogP contribution in [0.5, 0.6) is 0 Å². The van der Waals surface area contributed by atoms with Crippen LogP contribution in [0.4, 0.5) is 0 Å². The summed E-state index contributed by atoms with van der Waals surface area (Å²) in [6.07, 6.45) is 10.5. The third-order valence-electron chi connectivity index (χ3n) is 10.5. The van der Waals surface area contributed by atoms with Crippen LogP contribution in [0.3, 0.4) is 0 Å². The minimum Gasteiger partial charge on any atom is -0.393 e. The Morgan fingerprint density at radius 1 is 1.03 bits per heavy atom. The van der Waals surface area contributed by atoms with Crippen LogP contribution in [0.25, 0.3) is 0 Å². The molecule has 4 rings (SSSR count). The molecule has 0 bridgehead atoms. The van der Waals surface area contributed by atoms with E-state index >= 15 is 0 Å². The zero-order valence-corrected chi connectivity index (χ0v) is 19.3. The molecule has 29 heavy (non-hydrogen) atoms. The van der Waals surface area contributed by atoms with Crippen molar-refractivity contribution < 1.29 is 15.3 Å². The van der Waals surface area contributed by atoms with Gasteiger partial charge in [-0.15, -0.1) is 0 Å². The fourth-order valence-electron chi connectivity index (χ4n) is 8.07. The van der Waals surface area contributed by atoms with Gasteiger partial charge in [-0.25, -0.2) is 0 Å². The van der Waals surface area contributed by atoms with E-state index in [9.17, 15) is 15.3 Å². The Labute approximate surface area is 178 Å². The van der Waals surface area contributed by atoms with Crippen molar-refractivity contribution in [1.29, 1.82) is 0 Å². The third kappa shape index (κ3) is 3.17. The molecule has 3 fully saturated rings. The summed E-state index contributed by atoms with van der Waals surface area (Å²) in [6, 6.07) is 0. The van der Waals surface area contributed by atoms with E-state index in [0.717, 1.165) is 24.2 Å². The lowest BCUT2D eigenvalue weighted by Crippen LogP contribution is -2.59. The van der Waals surface area contributed by atoms with Gasteiger partial charge in [0.1, 0.15) is 11.7 Å². The van der Waals surface area contributed by atoms with Gasteiger partial charge < -0.3 is 15.3 Å². The highest BCUT2D eigenvalue weighted by atomic mass is 16.3. The topological polar surface area (TPSA) is 60.7 Å².